The molecule has 0 bridgehead atoms. The third-order valence-electron chi connectivity index (χ3n) is 1.53. The van der Waals surface area contributed by atoms with E-state index >= 15 is 0 Å². The van der Waals surface area contributed by atoms with Gasteiger partial charge in [-0.25, -0.2) is 0 Å². The van der Waals surface area contributed by atoms with Crippen molar-refractivity contribution in [1.29, 1.82) is 5.26 Å². The van der Waals surface area contributed by atoms with E-state index in [0.717, 1.165) is 31.8 Å². The zero-order chi connectivity index (χ0) is 5.82. The molecule has 44 valence electrons. The van der Waals surface area contributed by atoms with E-state index in [2.05, 4.69) is 11.4 Å². The Labute approximate surface area is 49.5 Å². The molecule has 0 atom stereocenters. The lowest BCUT2D eigenvalue weighted by molar-refractivity contribution is 0.331. The van der Waals surface area contributed by atoms with Crippen LogP contribution in [-0.4, -0.2) is 13.1 Å². The largest absolute Gasteiger partial charge is 0.316 e. The molecule has 1 rings (SSSR count). The van der Waals surface area contributed by atoms with Gasteiger partial charge in [0.2, 0.25) is 0 Å². The molecule has 8 heavy (non-hydrogen) atoms. The van der Waals surface area contributed by atoms with Crippen LogP contribution in [-0.2, 0) is 0 Å². The summed E-state index contributed by atoms with van der Waals surface area (Å²) in [4.78, 5) is 0. The molecule has 0 aromatic rings. The number of nitriles is 1. The van der Waals surface area contributed by atoms with Gasteiger partial charge in [0.1, 0.15) is 0 Å². The Balaban J connectivity index is 1.95. The Kier molecular flexibility index (Phi) is 1.87. The summed E-state index contributed by atoms with van der Waals surface area (Å²) in [6.45, 7) is 2.25. The molecule has 1 aliphatic rings. The maximum atomic E-state index is 8.16. The monoisotopic (exact) mass is 110 g/mol. The summed E-state index contributed by atoms with van der Waals surface area (Å²) in [7, 11) is 0. The van der Waals surface area contributed by atoms with Crippen molar-refractivity contribution in [3.05, 3.63) is 0 Å². The first kappa shape index (κ1) is 5.58. The Morgan fingerprint density at radius 2 is 2.38 bits per heavy atom. The first-order chi connectivity index (χ1) is 3.93. The van der Waals surface area contributed by atoms with Crippen LogP contribution in [0, 0.1) is 17.2 Å². The van der Waals surface area contributed by atoms with Crippen molar-refractivity contribution >= 4 is 0 Å². The molecule has 2 heteroatoms. The van der Waals surface area contributed by atoms with E-state index in [1.165, 1.54) is 0 Å². The fraction of sp³-hybridized carbons (Fsp3) is 0.833. The highest BCUT2D eigenvalue weighted by Gasteiger charge is 2.14. The minimum absolute atomic E-state index is 0.729. The lowest BCUT2D eigenvalue weighted by Gasteiger charge is -2.25. The first-order valence-corrected chi connectivity index (χ1v) is 3.01. The second-order valence-electron chi connectivity index (χ2n) is 2.22. The highest BCUT2D eigenvalue weighted by Crippen LogP contribution is 2.09. The summed E-state index contributed by atoms with van der Waals surface area (Å²) in [5.74, 6) is 0.801. The van der Waals surface area contributed by atoms with Crippen molar-refractivity contribution in [3.8, 4) is 6.07 Å². The summed E-state index contributed by atoms with van der Waals surface area (Å²) >= 11 is 0. The quantitative estimate of drug-likeness (QED) is 0.562. The van der Waals surface area contributed by atoms with Gasteiger partial charge in [0.15, 0.2) is 0 Å². The topological polar surface area (TPSA) is 35.8 Å². The fourth-order valence-corrected chi connectivity index (χ4v) is 0.821. The smallest absolute Gasteiger partial charge is 0.0621 e. The maximum absolute atomic E-state index is 8.16. The molecule has 1 heterocycles. The third-order valence-corrected chi connectivity index (χ3v) is 1.53. The summed E-state index contributed by atoms with van der Waals surface area (Å²) in [6.07, 6.45) is 1.82. The normalized spacial score (nSPS) is 19.4. The molecule has 0 aromatic heterocycles. The lowest BCUT2D eigenvalue weighted by Crippen LogP contribution is -2.41. The van der Waals surface area contributed by atoms with E-state index in [1.807, 2.05) is 0 Å². The Bertz CT molecular complexity index is 99.6. The van der Waals surface area contributed by atoms with Gasteiger partial charge in [0.05, 0.1) is 6.07 Å². The van der Waals surface area contributed by atoms with Crippen LogP contribution in [0.25, 0.3) is 0 Å². The van der Waals surface area contributed by atoms with E-state index < -0.39 is 0 Å². The minimum atomic E-state index is 0.729. The van der Waals surface area contributed by atoms with Gasteiger partial charge in [-0.2, -0.15) is 5.26 Å². The van der Waals surface area contributed by atoms with Crippen molar-refractivity contribution < 1.29 is 0 Å². The summed E-state index contributed by atoms with van der Waals surface area (Å²) in [5, 5.41) is 11.3. The molecule has 0 aliphatic carbocycles. The van der Waals surface area contributed by atoms with Gasteiger partial charge < -0.3 is 5.32 Å². The molecule has 0 aromatic carbocycles. The van der Waals surface area contributed by atoms with Crippen LogP contribution < -0.4 is 5.32 Å². The zero-order valence-electron chi connectivity index (χ0n) is 4.85. The van der Waals surface area contributed by atoms with Gasteiger partial charge >= 0.3 is 0 Å². The molecule has 0 saturated carbocycles. The van der Waals surface area contributed by atoms with Crippen LogP contribution in [0.1, 0.15) is 12.8 Å². The second-order valence-corrected chi connectivity index (χ2v) is 2.22. The highest BCUT2D eigenvalue weighted by molar-refractivity contribution is 4.79. The molecule has 2 nitrogen and oxygen atoms in total. The molecule has 1 fully saturated rings. The van der Waals surface area contributed by atoms with Crippen LogP contribution in [0.4, 0.5) is 0 Å². The number of nitrogens with one attached hydrogen (secondary N) is 1. The second kappa shape index (κ2) is 2.68. The Morgan fingerprint density at radius 1 is 1.62 bits per heavy atom. The van der Waals surface area contributed by atoms with Crippen LogP contribution in [0.15, 0.2) is 0 Å². The molecule has 0 amide bonds. The number of nitrogens with zero attached hydrogens (tertiary/aromatic N) is 1. The van der Waals surface area contributed by atoms with E-state index in [-0.39, 0.29) is 0 Å². The Hall–Kier alpha value is -0.550. The molecule has 0 radical (unpaired) electrons. The average Bonchev–Trinajstić information content (AvgIpc) is 1.63. The summed E-state index contributed by atoms with van der Waals surface area (Å²) in [5.41, 5.74) is 0. The summed E-state index contributed by atoms with van der Waals surface area (Å²) in [6, 6.07) is 2.14. The molecular weight excluding hydrogens is 100 g/mol. The fourth-order valence-electron chi connectivity index (χ4n) is 0.821. The minimum Gasteiger partial charge on any atom is -0.316 e. The van der Waals surface area contributed by atoms with Gasteiger partial charge in [-0.05, 0) is 25.4 Å². The summed E-state index contributed by atoms with van der Waals surface area (Å²) < 4.78 is 0. The standard InChI is InChI=1S/C6H10N2/c7-3-1-2-6-4-8-5-6/h6,8H,1-2,4-5H2. The molecule has 1 aliphatic heterocycles. The maximum Gasteiger partial charge on any atom is 0.0621 e. The number of rotatable bonds is 2. The van der Waals surface area contributed by atoms with Crippen molar-refractivity contribution in [3.63, 3.8) is 0 Å². The van der Waals surface area contributed by atoms with Crippen LogP contribution in [0.5, 0.6) is 0 Å². The van der Waals surface area contributed by atoms with Gasteiger partial charge in [0.25, 0.3) is 0 Å². The van der Waals surface area contributed by atoms with Crippen molar-refractivity contribution in [1.82, 2.24) is 5.32 Å². The molecule has 1 saturated heterocycles. The van der Waals surface area contributed by atoms with Crippen LogP contribution in [0.2, 0.25) is 0 Å². The van der Waals surface area contributed by atoms with Crippen molar-refractivity contribution in [2.24, 2.45) is 5.92 Å². The molecule has 0 spiro atoms. The van der Waals surface area contributed by atoms with Gasteiger partial charge in [0, 0.05) is 6.42 Å². The van der Waals surface area contributed by atoms with Gasteiger partial charge in [-0.15, -0.1) is 0 Å². The molecule has 1 N–H and O–H groups in total. The number of hydrogen-bond donors (Lipinski definition) is 1. The van der Waals surface area contributed by atoms with Crippen LogP contribution in [0.3, 0.4) is 0 Å². The lowest BCUT2D eigenvalue weighted by atomic mass is 9.98. The van der Waals surface area contributed by atoms with E-state index in [1.54, 1.807) is 0 Å². The first-order valence-electron chi connectivity index (χ1n) is 3.01. The Morgan fingerprint density at radius 3 is 2.75 bits per heavy atom. The number of hydrogen-bond acceptors (Lipinski definition) is 2. The predicted molar refractivity (Wildman–Crippen MR) is 31.2 cm³/mol. The van der Waals surface area contributed by atoms with E-state index in [9.17, 15) is 0 Å². The van der Waals surface area contributed by atoms with Crippen molar-refractivity contribution in [2.45, 2.75) is 12.8 Å². The highest BCUT2D eigenvalue weighted by atomic mass is 14.9. The van der Waals surface area contributed by atoms with E-state index in [4.69, 9.17) is 5.26 Å². The molecular formula is C6H10N2. The SMILES string of the molecule is N#CCCC1CNC1. The zero-order valence-corrected chi connectivity index (χ0v) is 4.85. The average molecular weight is 110 g/mol. The predicted octanol–water partition coefficient (Wildman–Crippen LogP) is 0.510. The van der Waals surface area contributed by atoms with Gasteiger partial charge in [-0.3, -0.25) is 0 Å². The third kappa shape index (κ3) is 1.21. The van der Waals surface area contributed by atoms with Crippen molar-refractivity contribution in [2.75, 3.05) is 13.1 Å². The molecule has 0 unspecified atom stereocenters. The van der Waals surface area contributed by atoms with E-state index in [0.29, 0.717) is 0 Å². The van der Waals surface area contributed by atoms with Gasteiger partial charge in [-0.1, -0.05) is 0 Å². The van der Waals surface area contributed by atoms with Crippen LogP contribution >= 0.6 is 0 Å².